The molecular formula is C19H22FN5O2S. The summed E-state index contributed by atoms with van der Waals surface area (Å²) < 4.78 is 13.9. The minimum absolute atomic E-state index is 0.0469. The summed E-state index contributed by atoms with van der Waals surface area (Å²) in [5.41, 5.74) is 6.76. The van der Waals surface area contributed by atoms with Gasteiger partial charge in [-0.15, -0.1) is 11.3 Å². The molecule has 2 N–H and O–H groups in total. The van der Waals surface area contributed by atoms with Crippen LogP contribution in [0.15, 0.2) is 29.6 Å². The minimum Gasteiger partial charge on any atom is -0.375 e. The number of halogens is 1. The number of likely N-dealkylation sites (tertiary alicyclic amines) is 2. The number of nitrogens with two attached hydrogens (primary N) is 1. The van der Waals surface area contributed by atoms with Gasteiger partial charge >= 0.3 is 6.03 Å². The molecule has 0 bridgehead atoms. The van der Waals surface area contributed by atoms with Gasteiger partial charge in [-0.1, -0.05) is 12.1 Å². The van der Waals surface area contributed by atoms with Gasteiger partial charge in [-0.05, 0) is 17.7 Å². The van der Waals surface area contributed by atoms with E-state index in [1.807, 2.05) is 6.07 Å². The number of nitrogen functional groups attached to an aromatic ring is 1. The summed E-state index contributed by atoms with van der Waals surface area (Å²) >= 11 is 1.24. The molecule has 7 nitrogen and oxygen atoms in total. The maximum atomic E-state index is 13.9. The third-order valence-corrected chi connectivity index (χ3v) is 6.18. The second kappa shape index (κ2) is 7.05. The van der Waals surface area contributed by atoms with Crippen molar-refractivity contribution in [2.45, 2.75) is 6.04 Å². The molecule has 1 aromatic heterocycles. The van der Waals surface area contributed by atoms with Gasteiger partial charge < -0.3 is 20.4 Å². The minimum atomic E-state index is -0.331. The lowest BCUT2D eigenvalue weighted by Gasteiger charge is -2.31. The van der Waals surface area contributed by atoms with Crippen molar-refractivity contribution in [1.29, 1.82) is 0 Å². The van der Waals surface area contributed by atoms with Crippen molar-refractivity contribution in [2.75, 3.05) is 39.5 Å². The number of hydrogen-bond donors (Lipinski definition) is 1. The van der Waals surface area contributed by atoms with Gasteiger partial charge in [0.15, 0.2) is 5.13 Å². The third kappa shape index (κ3) is 3.19. The van der Waals surface area contributed by atoms with E-state index in [2.05, 4.69) is 4.98 Å². The van der Waals surface area contributed by atoms with Crippen LogP contribution >= 0.6 is 11.3 Å². The van der Waals surface area contributed by atoms with Crippen LogP contribution in [-0.4, -0.2) is 65.4 Å². The van der Waals surface area contributed by atoms with E-state index in [4.69, 9.17) is 5.73 Å². The molecule has 148 valence electrons. The Morgan fingerprint density at radius 3 is 2.71 bits per heavy atom. The molecule has 1 aromatic carbocycles. The smallest absolute Gasteiger partial charge is 0.320 e. The van der Waals surface area contributed by atoms with Crippen LogP contribution < -0.4 is 5.73 Å². The summed E-state index contributed by atoms with van der Waals surface area (Å²) in [6, 6.07) is 6.01. The molecule has 3 atom stereocenters. The highest BCUT2D eigenvalue weighted by atomic mass is 32.1. The molecule has 3 amide bonds. The van der Waals surface area contributed by atoms with Gasteiger partial charge in [0.05, 0.1) is 6.04 Å². The first kappa shape index (κ1) is 18.7. The number of benzene rings is 1. The number of hydrogen-bond acceptors (Lipinski definition) is 5. The number of amides is 3. The fraction of sp³-hybridized carbons (Fsp3) is 0.421. The number of carbonyl (C=O) groups excluding carboxylic acids is 2. The van der Waals surface area contributed by atoms with Crippen LogP contribution in [-0.2, 0) is 0 Å². The molecule has 2 aliphatic rings. The van der Waals surface area contributed by atoms with E-state index in [1.54, 1.807) is 35.3 Å². The molecule has 4 rings (SSSR count). The van der Waals surface area contributed by atoms with Crippen LogP contribution in [0.2, 0.25) is 0 Å². The highest BCUT2D eigenvalue weighted by Crippen LogP contribution is 2.45. The van der Waals surface area contributed by atoms with E-state index >= 15 is 0 Å². The van der Waals surface area contributed by atoms with Crippen molar-refractivity contribution in [2.24, 2.45) is 11.8 Å². The van der Waals surface area contributed by atoms with E-state index in [0.717, 1.165) is 5.56 Å². The zero-order chi connectivity index (χ0) is 20.0. The molecule has 2 aliphatic heterocycles. The Kier molecular flexibility index (Phi) is 4.70. The summed E-state index contributed by atoms with van der Waals surface area (Å²) in [5, 5.41) is 2.03. The van der Waals surface area contributed by atoms with Gasteiger partial charge in [0.1, 0.15) is 11.5 Å². The second-order valence-corrected chi connectivity index (χ2v) is 8.42. The lowest BCUT2D eigenvalue weighted by molar-refractivity contribution is 0.0761. The molecule has 9 heteroatoms. The molecule has 2 aromatic rings. The molecule has 28 heavy (non-hydrogen) atoms. The maximum Gasteiger partial charge on any atom is 0.320 e. The number of fused-ring (bicyclic) bond motifs is 1. The molecule has 0 saturated carbocycles. The normalized spacial score (nSPS) is 23.8. The fourth-order valence-corrected chi connectivity index (χ4v) is 4.87. The number of urea groups is 1. The summed E-state index contributed by atoms with van der Waals surface area (Å²) in [6.45, 7) is 1.58. The summed E-state index contributed by atoms with van der Waals surface area (Å²) in [5.74, 6) is -0.296. The van der Waals surface area contributed by atoms with Crippen LogP contribution in [0, 0.1) is 17.7 Å². The lowest BCUT2D eigenvalue weighted by atomic mass is 9.89. The van der Waals surface area contributed by atoms with Crippen molar-refractivity contribution in [3.05, 3.63) is 46.7 Å². The van der Waals surface area contributed by atoms with Crippen LogP contribution in [0.5, 0.6) is 0 Å². The van der Waals surface area contributed by atoms with Crippen LogP contribution in [0.4, 0.5) is 14.3 Å². The lowest BCUT2D eigenvalue weighted by Crippen LogP contribution is -2.42. The van der Waals surface area contributed by atoms with E-state index in [1.165, 1.54) is 28.4 Å². The first-order chi connectivity index (χ1) is 13.3. The van der Waals surface area contributed by atoms with E-state index in [9.17, 15) is 14.0 Å². The number of anilines is 1. The van der Waals surface area contributed by atoms with E-state index in [0.29, 0.717) is 30.5 Å². The number of thiazole rings is 1. The number of aromatic nitrogens is 1. The number of nitrogens with zero attached hydrogens (tertiary/aromatic N) is 4. The molecule has 0 spiro atoms. The Balaban J connectivity index is 1.62. The maximum absolute atomic E-state index is 13.9. The largest absolute Gasteiger partial charge is 0.375 e. The number of rotatable bonds is 2. The first-order valence-corrected chi connectivity index (χ1v) is 9.96. The van der Waals surface area contributed by atoms with Crippen LogP contribution in [0.3, 0.4) is 0 Å². The highest BCUT2D eigenvalue weighted by molar-refractivity contribution is 7.13. The number of carbonyl (C=O) groups is 2. The first-order valence-electron chi connectivity index (χ1n) is 9.09. The van der Waals surface area contributed by atoms with Crippen molar-refractivity contribution in [3.8, 4) is 0 Å². The van der Waals surface area contributed by atoms with Crippen molar-refractivity contribution >= 4 is 28.4 Å². The monoisotopic (exact) mass is 403 g/mol. The van der Waals surface area contributed by atoms with E-state index in [-0.39, 0.29) is 35.6 Å². The zero-order valence-corrected chi connectivity index (χ0v) is 16.5. The molecule has 2 saturated heterocycles. The molecule has 3 heterocycles. The van der Waals surface area contributed by atoms with Crippen molar-refractivity contribution < 1.29 is 14.0 Å². The molecule has 0 radical (unpaired) electrons. The van der Waals surface area contributed by atoms with Gasteiger partial charge in [0, 0.05) is 50.9 Å². The van der Waals surface area contributed by atoms with Gasteiger partial charge in [-0.25, -0.2) is 14.2 Å². The summed E-state index contributed by atoms with van der Waals surface area (Å²) in [4.78, 5) is 34.7. The summed E-state index contributed by atoms with van der Waals surface area (Å²) in [6.07, 6.45) is 0. The predicted octanol–water partition coefficient (Wildman–Crippen LogP) is 2.29. The standard InChI is InChI=1S/C19H22FN5O2S/c1-23(2)19(27)25-8-12-7-24(17(26)15-10-28-18(21)22-15)9-14(12)16(25)11-4-3-5-13(20)6-11/h3-6,10,12,14,16H,7-9H2,1-2H3,(H2,21,22)/t12-,14-,16-/m1/s1. The zero-order valence-electron chi connectivity index (χ0n) is 15.7. The fourth-order valence-electron chi connectivity index (χ4n) is 4.33. The molecule has 0 unspecified atom stereocenters. The van der Waals surface area contributed by atoms with Gasteiger partial charge in [0.25, 0.3) is 5.91 Å². The van der Waals surface area contributed by atoms with E-state index < -0.39 is 0 Å². The SMILES string of the molecule is CN(C)C(=O)N1C[C@H]2CN(C(=O)c3csc(N)n3)C[C@H]2[C@H]1c1cccc(F)c1. The van der Waals surface area contributed by atoms with Gasteiger partial charge in [0.2, 0.25) is 0 Å². The Bertz CT molecular complexity index is 917. The Morgan fingerprint density at radius 1 is 1.29 bits per heavy atom. The predicted molar refractivity (Wildman–Crippen MR) is 104 cm³/mol. The van der Waals surface area contributed by atoms with Gasteiger partial charge in [-0.3, -0.25) is 4.79 Å². The van der Waals surface area contributed by atoms with Crippen LogP contribution in [0.25, 0.3) is 0 Å². The molecule has 0 aliphatic carbocycles. The molecule has 2 fully saturated rings. The summed E-state index contributed by atoms with van der Waals surface area (Å²) in [7, 11) is 3.42. The topological polar surface area (TPSA) is 82.8 Å². The third-order valence-electron chi connectivity index (χ3n) is 5.51. The Labute approximate surface area is 166 Å². The van der Waals surface area contributed by atoms with Crippen molar-refractivity contribution in [3.63, 3.8) is 0 Å². The van der Waals surface area contributed by atoms with Gasteiger partial charge in [-0.2, -0.15) is 0 Å². The Hall–Kier alpha value is -2.68. The molecular weight excluding hydrogens is 381 g/mol. The Morgan fingerprint density at radius 2 is 2.07 bits per heavy atom. The average molecular weight is 403 g/mol. The quantitative estimate of drug-likeness (QED) is 0.834. The second-order valence-electron chi connectivity index (χ2n) is 7.53. The average Bonchev–Trinajstić information content (AvgIpc) is 3.34. The van der Waals surface area contributed by atoms with Crippen LogP contribution in [0.1, 0.15) is 22.1 Å². The van der Waals surface area contributed by atoms with Crippen molar-refractivity contribution in [1.82, 2.24) is 19.7 Å². The highest BCUT2D eigenvalue weighted by Gasteiger charge is 2.50.